The van der Waals surface area contributed by atoms with Gasteiger partial charge in [0.1, 0.15) is 19.0 Å². The fourth-order valence-corrected chi connectivity index (χ4v) is 3.19. The molecule has 0 saturated carbocycles. The van der Waals surface area contributed by atoms with E-state index in [1.807, 2.05) is 6.07 Å². The van der Waals surface area contributed by atoms with E-state index in [9.17, 15) is 19.1 Å². The first-order valence-corrected chi connectivity index (χ1v) is 9.88. The summed E-state index contributed by atoms with van der Waals surface area (Å²) in [5, 5.41) is 12.4. The summed E-state index contributed by atoms with van der Waals surface area (Å²) in [5.41, 5.74) is 1.38. The Morgan fingerprint density at radius 3 is 2.62 bits per heavy atom. The Morgan fingerprint density at radius 1 is 1.09 bits per heavy atom. The van der Waals surface area contributed by atoms with E-state index in [1.165, 1.54) is 29.0 Å². The van der Waals surface area contributed by atoms with E-state index in [0.29, 0.717) is 17.1 Å². The lowest BCUT2D eigenvalue weighted by atomic mass is 10.2. The molecule has 0 bridgehead atoms. The number of hydrogen-bond donors (Lipinski definition) is 2. The Hall–Kier alpha value is -3.85. The van der Waals surface area contributed by atoms with Crippen LogP contribution in [0.3, 0.4) is 0 Å². The van der Waals surface area contributed by atoms with Crippen molar-refractivity contribution in [1.82, 2.24) is 9.88 Å². The highest BCUT2D eigenvalue weighted by Crippen LogP contribution is 2.32. The minimum Gasteiger partial charge on any atom is -0.483 e. The number of amides is 1. The number of nitrogens with zero attached hydrogens (tertiary/aromatic N) is 1. The molecule has 1 amide bonds. The van der Waals surface area contributed by atoms with E-state index >= 15 is 0 Å². The third-order valence-electron chi connectivity index (χ3n) is 4.89. The Kier molecular flexibility index (Phi) is 6.37. The molecule has 2 heterocycles. The number of ether oxygens (including phenoxy) is 3. The van der Waals surface area contributed by atoms with Crippen molar-refractivity contribution >= 4 is 5.91 Å². The molecule has 0 radical (unpaired) electrons. The van der Waals surface area contributed by atoms with Crippen molar-refractivity contribution in [2.45, 2.75) is 26.3 Å². The summed E-state index contributed by atoms with van der Waals surface area (Å²) in [6.45, 7) is -0.0219. The van der Waals surface area contributed by atoms with Gasteiger partial charge < -0.3 is 29.2 Å². The van der Waals surface area contributed by atoms with Crippen LogP contribution in [0.2, 0.25) is 0 Å². The van der Waals surface area contributed by atoms with Crippen molar-refractivity contribution in [3.8, 4) is 17.2 Å². The molecule has 0 atom stereocenters. The standard InChI is InChI=1S/C23H21FN2O6/c24-17-4-1-15(2-5-17)13-30-22-10-26(18(12-27)8-19(22)28)11-23(29)25-9-16-3-6-20-21(7-16)32-14-31-20/h1-8,10,27H,9,11-14H2,(H,25,29). The number of rotatable bonds is 8. The third kappa shape index (κ3) is 5.06. The Balaban J connectivity index is 1.41. The smallest absolute Gasteiger partial charge is 0.240 e. The first-order valence-electron chi connectivity index (χ1n) is 9.88. The van der Waals surface area contributed by atoms with Gasteiger partial charge >= 0.3 is 0 Å². The molecule has 1 aromatic heterocycles. The van der Waals surface area contributed by atoms with Gasteiger partial charge in [-0.25, -0.2) is 4.39 Å². The molecule has 0 aliphatic carbocycles. The summed E-state index contributed by atoms with van der Waals surface area (Å²) in [6, 6.07) is 12.3. The van der Waals surface area contributed by atoms with Crippen molar-refractivity contribution in [3.63, 3.8) is 0 Å². The van der Waals surface area contributed by atoms with Crippen molar-refractivity contribution in [2.75, 3.05) is 6.79 Å². The van der Waals surface area contributed by atoms with Crippen LogP contribution in [0.25, 0.3) is 0 Å². The predicted molar refractivity (Wildman–Crippen MR) is 112 cm³/mol. The van der Waals surface area contributed by atoms with Crippen molar-refractivity contribution in [1.29, 1.82) is 0 Å². The predicted octanol–water partition coefficient (Wildman–Crippen LogP) is 2.10. The number of carbonyl (C=O) groups excluding carboxylic acids is 1. The summed E-state index contributed by atoms with van der Waals surface area (Å²) in [4.78, 5) is 24.8. The van der Waals surface area contributed by atoms with E-state index < -0.39 is 12.0 Å². The van der Waals surface area contributed by atoms with Crippen molar-refractivity contribution < 1.29 is 28.5 Å². The number of aliphatic hydroxyl groups is 1. The quantitative estimate of drug-likeness (QED) is 0.557. The number of pyridine rings is 1. The maximum Gasteiger partial charge on any atom is 0.240 e. The largest absolute Gasteiger partial charge is 0.483 e. The molecule has 0 unspecified atom stereocenters. The number of nitrogens with one attached hydrogen (secondary N) is 1. The van der Waals surface area contributed by atoms with Gasteiger partial charge in [0.15, 0.2) is 17.2 Å². The Bertz CT molecular complexity index is 1180. The molecule has 1 aliphatic rings. The normalized spacial score (nSPS) is 11.9. The van der Waals surface area contributed by atoms with E-state index in [4.69, 9.17) is 14.2 Å². The van der Waals surface area contributed by atoms with Gasteiger partial charge in [-0.3, -0.25) is 9.59 Å². The average molecular weight is 440 g/mol. The maximum atomic E-state index is 13.0. The van der Waals surface area contributed by atoms with Gasteiger partial charge in [-0.2, -0.15) is 0 Å². The number of aromatic nitrogens is 1. The van der Waals surface area contributed by atoms with Gasteiger partial charge in [0.25, 0.3) is 0 Å². The number of hydrogen-bond acceptors (Lipinski definition) is 6. The maximum absolute atomic E-state index is 13.0. The monoisotopic (exact) mass is 440 g/mol. The summed E-state index contributed by atoms with van der Waals surface area (Å²) >= 11 is 0. The number of aliphatic hydroxyl groups excluding tert-OH is 1. The molecule has 4 rings (SSSR count). The zero-order chi connectivity index (χ0) is 22.5. The number of halogens is 1. The molecule has 166 valence electrons. The van der Waals surface area contributed by atoms with Crippen molar-refractivity contribution in [3.05, 3.63) is 87.6 Å². The van der Waals surface area contributed by atoms with Crippen LogP contribution >= 0.6 is 0 Å². The average Bonchev–Trinajstić information content (AvgIpc) is 3.26. The van der Waals surface area contributed by atoms with Gasteiger partial charge in [-0.15, -0.1) is 0 Å². The van der Waals surface area contributed by atoms with Crippen LogP contribution in [0.5, 0.6) is 17.2 Å². The third-order valence-corrected chi connectivity index (χ3v) is 4.89. The lowest BCUT2D eigenvalue weighted by Gasteiger charge is -2.14. The van der Waals surface area contributed by atoms with Gasteiger partial charge in [0.2, 0.25) is 18.1 Å². The highest BCUT2D eigenvalue weighted by Gasteiger charge is 2.14. The van der Waals surface area contributed by atoms with Crippen LogP contribution in [0.15, 0.2) is 59.5 Å². The molecule has 9 heteroatoms. The van der Waals surface area contributed by atoms with Crippen LogP contribution in [0.4, 0.5) is 4.39 Å². The number of carbonyl (C=O) groups is 1. The van der Waals surface area contributed by atoms with Gasteiger partial charge in [0, 0.05) is 18.3 Å². The SMILES string of the molecule is O=C(Cn1cc(OCc2ccc(F)cc2)c(=O)cc1CO)NCc1ccc2c(c1)OCO2. The van der Waals surface area contributed by atoms with Crippen LogP contribution in [-0.2, 0) is 31.1 Å². The number of fused-ring (bicyclic) bond motifs is 1. The van der Waals surface area contributed by atoms with Crippen LogP contribution in [-0.4, -0.2) is 22.4 Å². The van der Waals surface area contributed by atoms with E-state index in [2.05, 4.69) is 5.32 Å². The lowest BCUT2D eigenvalue weighted by molar-refractivity contribution is -0.121. The second kappa shape index (κ2) is 9.52. The van der Waals surface area contributed by atoms with Crippen LogP contribution in [0.1, 0.15) is 16.8 Å². The van der Waals surface area contributed by atoms with Gasteiger partial charge in [-0.1, -0.05) is 18.2 Å². The zero-order valence-electron chi connectivity index (χ0n) is 17.0. The Morgan fingerprint density at radius 2 is 1.84 bits per heavy atom. The van der Waals surface area contributed by atoms with Gasteiger partial charge in [0.05, 0.1) is 12.8 Å². The van der Waals surface area contributed by atoms with Crippen LogP contribution in [0, 0.1) is 5.82 Å². The highest BCUT2D eigenvalue weighted by atomic mass is 19.1. The summed E-state index contributed by atoms with van der Waals surface area (Å²) < 4.78 is 30.6. The van der Waals surface area contributed by atoms with Crippen molar-refractivity contribution in [2.24, 2.45) is 0 Å². The second-order valence-corrected chi connectivity index (χ2v) is 7.16. The molecular weight excluding hydrogens is 419 g/mol. The second-order valence-electron chi connectivity index (χ2n) is 7.16. The van der Waals surface area contributed by atoms with Crippen LogP contribution < -0.4 is 25.0 Å². The molecule has 0 saturated heterocycles. The van der Waals surface area contributed by atoms with E-state index in [0.717, 1.165) is 5.56 Å². The summed E-state index contributed by atoms with van der Waals surface area (Å²) in [7, 11) is 0. The van der Waals surface area contributed by atoms with Gasteiger partial charge in [-0.05, 0) is 35.4 Å². The highest BCUT2D eigenvalue weighted by molar-refractivity contribution is 5.75. The minimum absolute atomic E-state index is 0.0232. The first kappa shape index (κ1) is 21.4. The summed E-state index contributed by atoms with van der Waals surface area (Å²) in [6.07, 6.45) is 1.39. The molecule has 1 aliphatic heterocycles. The fraction of sp³-hybridized carbons (Fsp3) is 0.217. The Labute approximate surface area is 182 Å². The molecular formula is C23H21FN2O6. The first-order chi connectivity index (χ1) is 15.5. The topological polar surface area (TPSA) is 99.0 Å². The molecule has 3 aromatic rings. The van der Waals surface area contributed by atoms with E-state index in [-0.39, 0.29) is 49.7 Å². The molecule has 0 spiro atoms. The molecule has 8 nitrogen and oxygen atoms in total. The molecule has 0 fully saturated rings. The fourth-order valence-electron chi connectivity index (χ4n) is 3.19. The lowest BCUT2D eigenvalue weighted by Crippen LogP contribution is -2.29. The zero-order valence-corrected chi connectivity index (χ0v) is 17.0. The number of benzene rings is 2. The molecule has 32 heavy (non-hydrogen) atoms. The minimum atomic E-state index is -0.423. The van der Waals surface area contributed by atoms with E-state index in [1.54, 1.807) is 24.3 Å². The summed E-state index contributed by atoms with van der Waals surface area (Å²) in [5.74, 6) is 0.632. The molecule has 2 N–H and O–H groups in total. The molecule has 2 aromatic carbocycles.